The van der Waals surface area contributed by atoms with Gasteiger partial charge >= 0.3 is 0 Å². The average molecular weight is 141 g/mol. The molecular weight excluding hydrogens is 130 g/mol. The molecule has 56 valence electrons. The fraction of sp³-hybridized carbons (Fsp3) is 0.667. The molecule has 0 aliphatic carbocycles. The van der Waals surface area contributed by atoms with Gasteiger partial charge in [0.2, 0.25) is 0 Å². The zero-order chi connectivity index (χ0) is 7.56. The maximum Gasteiger partial charge on any atom is 0.135 e. The molecule has 10 heavy (non-hydrogen) atoms. The summed E-state index contributed by atoms with van der Waals surface area (Å²) in [6.45, 7) is 1.73. The van der Waals surface area contributed by atoms with E-state index in [0.717, 1.165) is 5.82 Å². The third-order valence-corrected chi connectivity index (χ3v) is 1.28. The van der Waals surface area contributed by atoms with E-state index in [4.69, 9.17) is 5.11 Å². The summed E-state index contributed by atoms with van der Waals surface area (Å²) in [5, 5.41) is 16.5. The van der Waals surface area contributed by atoms with E-state index in [9.17, 15) is 0 Å². The van der Waals surface area contributed by atoms with Crippen LogP contribution in [0.4, 0.5) is 0 Å². The first-order valence-electron chi connectivity index (χ1n) is 3.21. The lowest BCUT2D eigenvalue weighted by Gasteiger charge is -2.01. The van der Waals surface area contributed by atoms with E-state index < -0.39 is 0 Å². The van der Waals surface area contributed by atoms with Crippen LogP contribution >= 0.6 is 0 Å². The van der Waals surface area contributed by atoms with Crippen molar-refractivity contribution in [2.75, 3.05) is 0 Å². The standard InChI is InChI=1S/C6H11N3O/c1-5(10)3-6-8-7-4-9(6)2/h4-5,10H,3H2,1-2H3. The molecule has 0 spiro atoms. The summed E-state index contributed by atoms with van der Waals surface area (Å²) in [5.41, 5.74) is 0. The van der Waals surface area contributed by atoms with E-state index in [1.165, 1.54) is 0 Å². The first-order chi connectivity index (χ1) is 4.70. The summed E-state index contributed by atoms with van der Waals surface area (Å²) in [5.74, 6) is 0.815. The van der Waals surface area contributed by atoms with Gasteiger partial charge in [0.25, 0.3) is 0 Å². The highest BCUT2D eigenvalue weighted by Gasteiger charge is 2.03. The quantitative estimate of drug-likeness (QED) is 0.617. The van der Waals surface area contributed by atoms with Gasteiger partial charge < -0.3 is 9.67 Å². The summed E-state index contributed by atoms with van der Waals surface area (Å²) in [7, 11) is 1.86. The second-order valence-corrected chi connectivity index (χ2v) is 2.41. The summed E-state index contributed by atoms with van der Waals surface area (Å²) < 4.78 is 1.80. The van der Waals surface area contributed by atoms with Gasteiger partial charge in [0.15, 0.2) is 0 Å². The topological polar surface area (TPSA) is 50.9 Å². The van der Waals surface area contributed by atoms with Crippen LogP contribution in [-0.4, -0.2) is 26.0 Å². The maximum absolute atomic E-state index is 8.97. The predicted octanol–water partition coefficient (Wildman–Crippen LogP) is -0.262. The molecule has 0 saturated carbocycles. The first-order valence-corrected chi connectivity index (χ1v) is 3.21. The van der Waals surface area contributed by atoms with Crippen LogP contribution in [0.15, 0.2) is 6.33 Å². The third kappa shape index (κ3) is 1.54. The molecule has 0 fully saturated rings. The number of nitrogens with zero attached hydrogens (tertiary/aromatic N) is 3. The van der Waals surface area contributed by atoms with E-state index in [1.54, 1.807) is 17.8 Å². The molecular formula is C6H11N3O. The molecule has 4 heteroatoms. The fourth-order valence-electron chi connectivity index (χ4n) is 0.756. The van der Waals surface area contributed by atoms with Gasteiger partial charge in [-0.05, 0) is 6.92 Å². The summed E-state index contributed by atoms with van der Waals surface area (Å²) >= 11 is 0. The van der Waals surface area contributed by atoms with Gasteiger partial charge in [-0.15, -0.1) is 10.2 Å². The Labute approximate surface area is 59.5 Å². The van der Waals surface area contributed by atoms with Crippen molar-refractivity contribution in [3.63, 3.8) is 0 Å². The summed E-state index contributed by atoms with van der Waals surface area (Å²) in [6, 6.07) is 0. The van der Waals surface area contributed by atoms with Crippen LogP contribution in [0.5, 0.6) is 0 Å². The maximum atomic E-state index is 8.97. The van der Waals surface area contributed by atoms with E-state index in [2.05, 4.69) is 10.2 Å². The third-order valence-electron chi connectivity index (χ3n) is 1.28. The van der Waals surface area contributed by atoms with Gasteiger partial charge in [0.05, 0.1) is 6.10 Å². The zero-order valence-electron chi connectivity index (χ0n) is 6.15. The number of aryl methyl sites for hydroxylation is 1. The van der Waals surface area contributed by atoms with Crippen LogP contribution < -0.4 is 0 Å². The molecule has 0 aromatic carbocycles. The minimum Gasteiger partial charge on any atom is -0.393 e. The van der Waals surface area contributed by atoms with E-state index in [0.29, 0.717) is 6.42 Å². The predicted molar refractivity (Wildman–Crippen MR) is 36.4 cm³/mol. The molecule has 0 radical (unpaired) electrons. The highest BCUT2D eigenvalue weighted by Crippen LogP contribution is 1.95. The molecule has 0 aliphatic heterocycles. The van der Waals surface area contributed by atoms with Crippen molar-refractivity contribution >= 4 is 0 Å². The molecule has 1 aromatic heterocycles. The number of aliphatic hydroxyl groups is 1. The summed E-state index contributed by atoms with van der Waals surface area (Å²) in [4.78, 5) is 0. The van der Waals surface area contributed by atoms with Gasteiger partial charge in [0, 0.05) is 13.5 Å². The second-order valence-electron chi connectivity index (χ2n) is 2.41. The van der Waals surface area contributed by atoms with Crippen molar-refractivity contribution < 1.29 is 5.11 Å². The zero-order valence-corrected chi connectivity index (χ0v) is 6.15. The fourth-order valence-corrected chi connectivity index (χ4v) is 0.756. The first kappa shape index (κ1) is 7.21. The van der Waals surface area contributed by atoms with Gasteiger partial charge in [-0.25, -0.2) is 0 Å². The van der Waals surface area contributed by atoms with Gasteiger partial charge in [-0.3, -0.25) is 0 Å². The van der Waals surface area contributed by atoms with Crippen molar-refractivity contribution in [3.8, 4) is 0 Å². The van der Waals surface area contributed by atoms with Crippen LogP contribution in [0.1, 0.15) is 12.7 Å². The lowest BCUT2D eigenvalue weighted by Crippen LogP contribution is -2.08. The Hall–Kier alpha value is -0.900. The van der Waals surface area contributed by atoms with Crippen molar-refractivity contribution in [2.24, 2.45) is 7.05 Å². The van der Waals surface area contributed by atoms with E-state index >= 15 is 0 Å². The molecule has 1 aromatic rings. The second kappa shape index (κ2) is 2.79. The molecule has 1 unspecified atom stereocenters. The van der Waals surface area contributed by atoms with E-state index in [1.807, 2.05) is 7.05 Å². The molecule has 1 rings (SSSR count). The van der Waals surface area contributed by atoms with E-state index in [-0.39, 0.29) is 6.10 Å². The Morgan fingerprint density at radius 2 is 2.50 bits per heavy atom. The largest absolute Gasteiger partial charge is 0.393 e. The normalized spacial score (nSPS) is 13.5. The molecule has 0 saturated heterocycles. The van der Waals surface area contributed by atoms with Crippen LogP contribution in [0, 0.1) is 0 Å². The molecule has 0 bridgehead atoms. The van der Waals surface area contributed by atoms with Crippen molar-refractivity contribution in [1.29, 1.82) is 0 Å². The lowest BCUT2D eigenvalue weighted by molar-refractivity contribution is 0.191. The molecule has 0 amide bonds. The van der Waals surface area contributed by atoms with Crippen molar-refractivity contribution in [3.05, 3.63) is 12.2 Å². The molecule has 1 N–H and O–H groups in total. The van der Waals surface area contributed by atoms with Crippen molar-refractivity contribution in [1.82, 2.24) is 14.8 Å². The highest BCUT2D eigenvalue weighted by molar-refractivity contribution is 4.85. The Bertz CT molecular complexity index is 207. The summed E-state index contributed by atoms with van der Waals surface area (Å²) in [6.07, 6.45) is 1.84. The molecule has 4 nitrogen and oxygen atoms in total. The Kier molecular flexibility index (Phi) is 2.01. The van der Waals surface area contributed by atoms with Crippen LogP contribution in [0.25, 0.3) is 0 Å². The van der Waals surface area contributed by atoms with Crippen LogP contribution in [-0.2, 0) is 13.5 Å². The highest BCUT2D eigenvalue weighted by atomic mass is 16.3. The number of rotatable bonds is 2. The Morgan fingerprint density at radius 3 is 2.90 bits per heavy atom. The smallest absolute Gasteiger partial charge is 0.135 e. The monoisotopic (exact) mass is 141 g/mol. The van der Waals surface area contributed by atoms with Crippen LogP contribution in [0.3, 0.4) is 0 Å². The number of hydrogen-bond acceptors (Lipinski definition) is 3. The Morgan fingerprint density at radius 1 is 1.80 bits per heavy atom. The average Bonchev–Trinajstić information content (AvgIpc) is 2.15. The van der Waals surface area contributed by atoms with Gasteiger partial charge in [-0.2, -0.15) is 0 Å². The van der Waals surface area contributed by atoms with Gasteiger partial charge in [0.1, 0.15) is 12.2 Å². The molecule has 1 heterocycles. The minimum absolute atomic E-state index is 0.345. The van der Waals surface area contributed by atoms with Crippen molar-refractivity contribution in [2.45, 2.75) is 19.4 Å². The number of hydrogen-bond donors (Lipinski definition) is 1. The lowest BCUT2D eigenvalue weighted by atomic mass is 10.3. The SMILES string of the molecule is CC(O)Cc1nncn1C. The molecule has 1 atom stereocenters. The number of aromatic nitrogens is 3. The minimum atomic E-state index is -0.345. The number of aliphatic hydroxyl groups excluding tert-OH is 1. The van der Waals surface area contributed by atoms with Gasteiger partial charge in [-0.1, -0.05) is 0 Å². The Balaban J connectivity index is 2.65. The van der Waals surface area contributed by atoms with Crippen LogP contribution in [0.2, 0.25) is 0 Å². The molecule has 0 aliphatic rings.